The number of aryl methyl sites for hydroxylation is 1. The van der Waals surface area contributed by atoms with Gasteiger partial charge in [-0.1, -0.05) is 25.1 Å². The van der Waals surface area contributed by atoms with Crippen molar-refractivity contribution in [1.82, 2.24) is 5.32 Å². The highest BCUT2D eigenvalue weighted by Gasteiger charge is 2.27. The summed E-state index contributed by atoms with van der Waals surface area (Å²) in [5, 5.41) is 13.2. The van der Waals surface area contributed by atoms with Crippen molar-refractivity contribution in [3.8, 4) is 0 Å². The number of hydrogen-bond donors (Lipinski definition) is 2. The number of hydrogen-bond acceptors (Lipinski definition) is 3. The highest BCUT2D eigenvalue weighted by atomic mass is 16.3. The predicted octanol–water partition coefficient (Wildman–Crippen LogP) is 2.19. The molecule has 2 rings (SSSR count). The van der Waals surface area contributed by atoms with Gasteiger partial charge < -0.3 is 15.3 Å². The van der Waals surface area contributed by atoms with E-state index in [1.165, 1.54) is 24.1 Å². The quantitative estimate of drug-likeness (QED) is 0.825. The first-order valence-corrected chi connectivity index (χ1v) is 7.37. The molecule has 0 spiro atoms. The molecule has 0 aromatic heterocycles. The number of anilines is 1. The van der Waals surface area contributed by atoms with Gasteiger partial charge in [-0.15, -0.1) is 0 Å². The van der Waals surface area contributed by atoms with Crippen LogP contribution >= 0.6 is 0 Å². The third-order valence-corrected chi connectivity index (χ3v) is 3.90. The Labute approximate surface area is 116 Å². The first-order chi connectivity index (χ1) is 9.18. The summed E-state index contributed by atoms with van der Waals surface area (Å²) in [5.74, 6) is 0. The standard InChI is InChI=1S/C16H26N2O/c1-3-10-17-16(2,13-19)12-18-11-6-8-14-7-4-5-9-15(14)18/h4-5,7,9,17,19H,3,6,8,10-13H2,1-2H3. The van der Waals surface area contributed by atoms with E-state index in [1.54, 1.807) is 0 Å². The molecule has 1 unspecified atom stereocenters. The SMILES string of the molecule is CCCNC(C)(CO)CN1CCCc2ccccc21. The number of aliphatic hydroxyl groups is 1. The number of nitrogens with one attached hydrogen (secondary N) is 1. The Hall–Kier alpha value is -1.06. The lowest BCUT2D eigenvalue weighted by Crippen LogP contribution is -2.55. The topological polar surface area (TPSA) is 35.5 Å². The van der Waals surface area contributed by atoms with Crippen LogP contribution in [0.15, 0.2) is 24.3 Å². The zero-order chi connectivity index (χ0) is 13.7. The fraction of sp³-hybridized carbons (Fsp3) is 0.625. The number of aliphatic hydroxyl groups excluding tert-OH is 1. The lowest BCUT2D eigenvalue weighted by Gasteiger charge is -2.39. The van der Waals surface area contributed by atoms with E-state index in [0.717, 1.165) is 26.1 Å². The van der Waals surface area contributed by atoms with Crippen molar-refractivity contribution in [2.45, 2.75) is 38.6 Å². The van der Waals surface area contributed by atoms with E-state index in [2.05, 4.69) is 48.3 Å². The zero-order valence-electron chi connectivity index (χ0n) is 12.2. The molecule has 1 aromatic carbocycles. The van der Waals surface area contributed by atoms with Gasteiger partial charge in [0, 0.05) is 18.8 Å². The van der Waals surface area contributed by atoms with E-state index in [9.17, 15) is 5.11 Å². The third-order valence-electron chi connectivity index (χ3n) is 3.90. The average Bonchev–Trinajstić information content (AvgIpc) is 2.46. The number of para-hydroxylation sites is 1. The molecule has 0 aliphatic carbocycles. The molecule has 0 fully saturated rings. The third kappa shape index (κ3) is 3.48. The summed E-state index contributed by atoms with van der Waals surface area (Å²) in [4.78, 5) is 2.41. The van der Waals surface area contributed by atoms with Gasteiger partial charge in [-0.2, -0.15) is 0 Å². The second-order valence-corrected chi connectivity index (χ2v) is 5.80. The normalized spacial score (nSPS) is 17.9. The van der Waals surface area contributed by atoms with Crippen molar-refractivity contribution in [2.75, 3.05) is 31.1 Å². The number of nitrogens with zero attached hydrogens (tertiary/aromatic N) is 1. The van der Waals surface area contributed by atoms with E-state index in [0.29, 0.717) is 0 Å². The largest absolute Gasteiger partial charge is 0.394 e. The van der Waals surface area contributed by atoms with E-state index < -0.39 is 0 Å². The summed E-state index contributed by atoms with van der Waals surface area (Å²) in [6, 6.07) is 8.64. The van der Waals surface area contributed by atoms with E-state index in [4.69, 9.17) is 0 Å². The fourth-order valence-corrected chi connectivity index (χ4v) is 2.79. The molecule has 0 amide bonds. The molecule has 0 radical (unpaired) electrons. The first kappa shape index (κ1) is 14.4. The summed E-state index contributed by atoms with van der Waals surface area (Å²) in [7, 11) is 0. The van der Waals surface area contributed by atoms with Crippen molar-refractivity contribution in [1.29, 1.82) is 0 Å². The molecule has 0 bridgehead atoms. The Morgan fingerprint density at radius 2 is 2.16 bits per heavy atom. The molecule has 106 valence electrons. The smallest absolute Gasteiger partial charge is 0.0627 e. The average molecular weight is 262 g/mol. The molecule has 3 nitrogen and oxygen atoms in total. The fourth-order valence-electron chi connectivity index (χ4n) is 2.79. The Morgan fingerprint density at radius 3 is 2.89 bits per heavy atom. The molecule has 1 aromatic rings. The number of fused-ring (bicyclic) bond motifs is 1. The van der Waals surface area contributed by atoms with Gasteiger partial charge in [-0.3, -0.25) is 0 Å². The lowest BCUT2D eigenvalue weighted by atomic mass is 9.97. The predicted molar refractivity (Wildman–Crippen MR) is 80.8 cm³/mol. The molecule has 1 heterocycles. The van der Waals surface area contributed by atoms with E-state index >= 15 is 0 Å². The Bertz CT molecular complexity index is 407. The Kier molecular flexibility index (Phi) is 4.83. The second kappa shape index (κ2) is 6.40. The highest BCUT2D eigenvalue weighted by molar-refractivity contribution is 5.55. The minimum atomic E-state index is -0.222. The minimum Gasteiger partial charge on any atom is -0.394 e. The Balaban J connectivity index is 2.10. The lowest BCUT2D eigenvalue weighted by molar-refractivity contribution is 0.177. The highest BCUT2D eigenvalue weighted by Crippen LogP contribution is 2.27. The van der Waals surface area contributed by atoms with Crippen LogP contribution in [-0.4, -0.2) is 36.9 Å². The van der Waals surface area contributed by atoms with Crippen LogP contribution in [0.3, 0.4) is 0 Å². The molecular weight excluding hydrogens is 236 g/mol. The van der Waals surface area contributed by atoms with Crippen LogP contribution in [0.1, 0.15) is 32.3 Å². The molecule has 1 atom stereocenters. The molecule has 0 saturated heterocycles. The number of rotatable bonds is 6. The Morgan fingerprint density at radius 1 is 1.37 bits per heavy atom. The van der Waals surface area contributed by atoms with Crippen LogP contribution in [-0.2, 0) is 6.42 Å². The van der Waals surface area contributed by atoms with Crippen molar-refractivity contribution < 1.29 is 5.11 Å². The second-order valence-electron chi connectivity index (χ2n) is 5.80. The molecule has 3 heteroatoms. The summed E-state index contributed by atoms with van der Waals surface area (Å²) in [5.41, 5.74) is 2.55. The van der Waals surface area contributed by atoms with E-state index in [-0.39, 0.29) is 12.1 Å². The van der Waals surface area contributed by atoms with Crippen molar-refractivity contribution in [3.63, 3.8) is 0 Å². The van der Waals surface area contributed by atoms with Gasteiger partial charge in [-0.05, 0) is 44.4 Å². The summed E-state index contributed by atoms with van der Waals surface area (Å²) < 4.78 is 0. The maximum atomic E-state index is 9.70. The van der Waals surface area contributed by atoms with Gasteiger partial charge in [0.15, 0.2) is 0 Å². The van der Waals surface area contributed by atoms with Gasteiger partial charge >= 0.3 is 0 Å². The summed E-state index contributed by atoms with van der Waals surface area (Å²) >= 11 is 0. The van der Waals surface area contributed by atoms with Crippen LogP contribution in [0.2, 0.25) is 0 Å². The van der Waals surface area contributed by atoms with Crippen LogP contribution < -0.4 is 10.2 Å². The zero-order valence-corrected chi connectivity index (χ0v) is 12.2. The van der Waals surface area contributed by atoms with Gasteiger partial charge in [-0.25, -0.2) is 0 Å². The van der Waals surface area contributed by atoms with Crippen LogP contribution in [0, 0.1) is 0 Å². The van der Waals surface area contributed by atoms with Gasteiger partial charge in [0.1, 0.15) is 0 Å². The van der Waals surface area contributed by atoms with Crippen molar-refractivity contribution in [2.24, 2.45) is 0 Å². The van der Waals surface area contributed by atoms with Crippen LogP contribution in [0.5, 0.6) is 0 Å². The van der Waals surface area contributed by atoms with Gasteiger partial charge in [0.05, 0.1) is 12.1 Å². The maximum Gasteiger partial charge on any atom is 0.0627 e. The summed E-state index contributed by atoms with van der Waals surface area (Å²) in [6.45, 7) is 7.33. The first-order valence-electron chi connectivity index (χ1n) is 7.37. The molecule has 2 N–H and O–H groups in total. The maximum absolute atomic E-state index is 9.70. The monoisotopic (exact) mass is 262 g/mol. The van der Waals surface area contributed by atoms with Gasteiger partial charge in [0.25, 0.3) is 0 Å². The van der Waals surface area contributed by atoms with Gasteiger partial charge in [0.2, 0.25) is 0 Å². The molecular formula is C16H26N2O. The minimum absolute atomic E-state index is 0.172. The summed E-state index contributed by atoms with van der Waals surface area (Å²) in [6.07, 6.45) is 3.46. The van der Waals surface area contributed by atoms with Crippen LogP contribution in [0.4, 0.5) is 5.69 Å². The molecule has 1 aliphatic rings. The molecule has 1 aliphatic heterocycles. The van der Waals surface area contributed by atoms with E-state index in [1.807, 2.05) is 0 Å². The number of benzene rings is 1. The van der Waals surface area contributed by atoms with Crippen LogP contribution in [0.25, 0.3) is 0 Å². The van der Waals surface area contributed by atoms with Crippen molar-refractivity contribution in [3.05, 3.63) is 29.8 Å². The molecule has 19 heavy (non-hydrogen) atoms. The van der Waals surface area contributed by atoms with Crippen molar-refractivity contribution >= 4 is 5.69 Å². The molecule has 0 saturated carbocycles.